The van der Waals surface area contributed by atoms with Crippen LogP contribution < -0.4 is 0 Å². The number of nitrogens with zero attached hydrogens (tertiary/aromatic N) is 6. The monoisotopic (exact) mass is 336 g/mol. The summed E-state index contributed by atoms with van der Waals surface area (Å²) < 4.78 is 8.46. The molecule has 0 spiro atoms. The average Bonchev–Trinajstić information content (AvgIpc) is 3.34. The fourth-order valence-corrected chi connectivity index (χ4v) is 3.62. The van der Waals surface area contributed by atoms with Gasteiger partial charge in [-0.2, -0.15) is 10.2 Å². The van der Waals surface area contributed by atoms with Crippen LogP contribution in [0.5, 0.6) is 0 Å². The van der Waals surface area contributed by atoms with Crippen LogP contribution in [0.15, 0.2) is 55.4 Å². The van der Waals surface area contributed by atoms with Gasteiger partial charge in [-0.05, 0) is 45.9 Å². The molecule has 0 amide bonds. The number of fused-ring (bicyclic) bond motifs is 1. The van der Waals surface area contributed by atoms with Crippen molar-refractivity contribution >= 4 is 5.65 Å². The van der Waals surface area contributed by atoms with Crippen LogP contribution in [-0.2, 0) is 18.1 Å². The Labute approximate surface area is 147 Å². The highest BCUT2D eigenvalue weighted by Crippen LogP contribution is 2.36. The summed E-state index contributed by atoms with van der Waals surface area (Å²) >= 11 is 0. The highest BCUT2D eigenvalue weighted by molar-refractivity contribution is 5.57. The van der Waals surface area contributed by atoms with Crippen LogP contribution in [0.2, 0.25) is 0 Å². The Morgan fingerprint density at radius 3 is 1.96 bits per heavy atom. The second-order valence-corrected chi connectivity index (χ2v) is 7.57. The fraction of sp³-hybridized carbons (Fsp3) is 0.368. The summed E-state index contributed by atoms with van der Waals surface area (Å²) in [5.74, 6) is 0. The van der Waals surface area contributed by atoms with Gasteiger partial charge in [-0.15, -0.1) is 0 Å². The zero-order chi connectivity index (χ0) is 17.8. The zero-order valence-corrected chi connectivity index (χ0v) is 15.4. The van der Waals surface area contributed by atoms with Crippen molar-refractivity contribution in [1.82, 2.24) is 28.5 Å². The van der Waals surface area contributed by atoms with Crippen molar-refractivity contribution in [2.24, 2.45) is 7.05 Å². The molecule has 0 aliphatic heterocycles. The van der Waals surface area contributed by atoms with E-state index < -0.39 is 0 Å². The summed E-state index contributed by atoms with van der Waals surface area (Å²) in [7, 11) is 2.09. The maximum Gasteiger partial charge on any atom is 0.122 e. The third kappa shape index (κ3) is 2.17. The summed E-state index contributed by atoms with van der Waals surface area (Å²) in [4.78, 5) is 0. The maximum absolute atomic E-state index is 4.49. The van der Waals surface area contributed by atoms with Crippen molar-refractivity contribution < 1.29 is 0 Å². The lowest BCUT2D eigenvalue weighted by atomic mass is 9.94. The standard InChI is InChI=1S/C19H24N6/c1-18(2,24-10-6-8-20-24)15-14-16(23-13-12-22(5)17(15)23)19(3,4)25-11-7-9-21-25/h6-14H,1-5H3. The van der Waals surface area contributed by atoms with E-state index in [1.54, 1.807) is 0 Å². The Morgan fingerprint density at radius 2 is 1.40 bits per heavy atom. The molecule has 0 bridgehead atoms. The van der Waals surface area contributed by atoms with E-state index in [1.165, 1.54) is 16.9 Å². The second-order valence-electron chi connectivity index (χ2n) is 7.57. The van der Waals surface area contributed by atoms with Crippen LogP contribution in [0, 0.1) is 0 Å². The van der Waals surface area contributed by atoms with Gasteiger partial charge in [0.25, 0.3) is 0 Å². The molecule has 6 nitrogen and oxygen atoms in total. The van der Waals surface area contributed by atoms with Crippen molar-refractivity contribution in [1.29, 1.82) is 0 Å². The molecule has 0 aliphatic carbocycles. The first-order chi connectivity index (χ1) is 11.8. The normalized spacial score (nSPS) is 13.0. The minimum absolute atomic E-state index is 0.265. The maximum atomic E-state index is 4.49. The van der Waals surface area contributed by atoms with Crippen LogP contribution >= 0.6 is 0 Å². The molecule has 4 heterocycles. The van der Waals surface area contributed by atoms with Gasteiger partial charge in [0, 0.05) is 49.8 Å². The summed E-state index contributed by atoms with van der Waals surface area (Å²) in [6.45, 7) is 8.79. The summed E-state index contributed by atoms with van der Waals surface area (Å²) in [6.07, 6.45) is 11.9. The number of aryl methyl sites for hydroxylation is 1. The Balaban J connectivity index is 1.98. The van der Waals surface area contributed by atoms with Crippen molar-refractivity contribution in [2.45, 2.75) is 38.8 Å². The molecule has 4 aromatic rings. The molecule has 0 saturated heterocycles. The quantitative estimate of drug-likeness (QED) is 0.574. The average molecular weight is 336 g/mol. The predicted molar refractivity (Wildman–Crippen MR) is 97.7 cm³/mol. The minimum atomic E-state index is -0.272. The fourth-order valence-electron chi connectivity index (χ4n) is 3.62. The highest BCUT2D eigenvalue weighted by Gasteiger charge is 2.34. The number of hydrogen-bond acceptors (Lipinski definition) is 2. The van der Waals surface area contributed by atoms with Crippen LogP contribution in [0.4, 0.5) is 0 Å². The van der Waals surface area contributed by atoms with E-state index in [9.17, 15) is 0 Å². The molecule has 130 valence electrons. The van der Waals surface area contributed by atoms with E-state index in [-0.39, 0.29) is 11.1 Å². The lowest BCUT2D eigenvalue weighted by Gasteiger charge is -2.26. The van der Waals surface area contributed by atoms with Gasteiger partial charge in [0.2, 0.25) is 0 Å². The first-order valence-corrected chi connectivity index (χ1v) is 8.51. The number of aromatic nitrogens is 6. The van der Waals surface area contributed by atoms with Gasteiger partial charge in [-0.25, -0.2) is 0 Å². The molecule has 0 unspecified atom stereocenters. The van der Waals surface area contributed by atoms with Crippen LogP contribution in [0.3, 0.4) is 0 Å². The SMILES string of the molecule is Cn1ccn2c(C(C)(C)n3cccn3)cc(C(C)(C)n3cccn3)c12. The van der Waals surface area contributed by atoms with Gasteiger partial charge in [0.05, 0.1) is 16.8 Å². The molecular weight excluding hydrogens is 312 g/mol. The zero-order valence-electron chi connectivity index (χ0n) is 15.4. The third-order valence-corrected chi connectivity index (χ3v) is 5.22. The van der Waals surface area contributed by atoms with Crippen molar-refractivity contribution in [2.75, 3.05) is 0 Å². The molecule has 25 heavy (non-hydrogen) atoms. The number of hydrogen-bond donors (Lipinski definition) is 0. The molecular formula is C19H24N6. The third-order valence-electron chi connectivity index (χ3n) is 5.22. The van der Waals surface area contributed by atoms with Gasteiger partial charge >= 0.3 is 0 Å². The molecule has 0 atom stereocenters. The lowest BCUT2D eigenvalue weighted by Crippen LogP contribution is -2.30. The van der Waals surface area contributed by atoms with Gasteiger partial charge in [-0.1, -0.05) is 0 Å². The second kappa shape index (κ2) is 5.12. The minimum Gasteiger partial charge on any atom is -0.335 e. The Morgan fingerprint density at radius 1 is 0.800 bits per heavy atom. The summed E-state index contributed by atoms with van der Waals surface area (Å²) in [5, 5.41) is 8.97. The Bertz CT molecular complexity index is 996. The smallest absolute Gasteiger partial charge is 0.122 e. The van der Waals surface area contributed by atoms with E-state index in [0.29, 0.717) is 0 Å². The summed E-state index contributed by atoms with van der Waals surface area (Å²) in [5.41, 5.74) is 3.07. The molecule has 6 heteroatoms. The van der Waals surface area contributed by atoms with Crippen LogP contribution in [0.25, 0.3) is 5.65 Å². The highest BCUT2D eigenvalue weighted by atomic mass is 15.3. The first-order valence-electron chi connectivity index (χ1n) is 8.51. The number of rotatable bonds is 4. The molecule has 0 fully saturated rings. The van der Waals surface area contributed by atoms with Crippen LogP contribution in [-0.4, -0.2) is 28.5 Å². The van der Waals surface area contributed by atoms with E-state index in [0.717, 1.165) is 0 Å². The van der Waals surface area contributed by atoms with Gasteiger partial charge in [0.1, 0.15) is 5.65 Å². The molecule has 4 aromatic heterocycles. The van der Waals surface area contributed by atoms with Crippen LogP contribution in [0.1, 0.15) is 39.0 Å². The molecule has 0 radical (unpaired) electrons. The predicted octanol–water partition coefficient (Wildman–Crippen LogP) is 3.24. The van der Waals surface area contributed by atoms with Gasteiger partial charge < -0.3 is 8.97 Å². The lowest BCUT2D eigenvalue weighted by molar-refractivity contribution is 0.375. The largest absolute Gasteiger partial charge is 0.335 e. The van der Waals surface area contributed by atoms with Crippen molar-refractivity contribution in [3.63, 3.8) is 0 Å². The molecule has 0 aromatic carbocycles. The van der Waals surface area contributed by atoms with E-state index >= 15 is 0 Å². The topological polar surface area (TPSA) is 45.0 Å². The molecule has 0 N–H and O–H groups in total. The Hall–Kier alpha value is -2.76. The van der Waals surface area contributed by atoms with E-state index in [4.69, 9.17) is 0 Å². The van der Waals surface area contributed by atoms with Gasteiger partial charge in [-0.3, -0.25) is 9.36 Å². The van der Waals surface area contributed by atoms with Gasteiger partial charge in [0.15, 0.2) is 0 Å². The van der Waals surface area contributed by atoms with Crippen molar-refractivity contribution in [3.05, 3.63) is 66.6 Å². The molecule has 4 rings (SSSR count). The van der Waals surface area contributed by atoms with E-state index in [2.05, 4.69) is 72.4 Å². The van der Waals surface area contributed by atoms with Crippen molar-refractivity contribution in [3.8, 4) is 0 Å². The number of imidazole rings is 1. The molecule has 0 saturated carbocycles. The molecule has 0 aliphatic rings. The summed E-state index contributed by atoms with van der Waals surface area (Å²) in [6, 6.07) is 6.22. The van der Waals surface area contributed by atoms with E-state index in [1.807, 2.05) is 46.3 Å². The Kier molecular flexibility index (Phi) is 3.22. The first kappa shape index (κ1) is 15.7.